The second kappa shape index (κ2) is 5.88. The number of hydrogen-bond donors (Lipinski definition) is 1. The summed E-state index contributed by atoms with van der Waals surface area (Å²) in [4.78, 5) is 0. The Morgan fingerprint density at radius 1 is 1.09 bits per heavy atom. The first-order chi connectivity index (χ1) is 10.4. The minimum Gasteiger partial charge on any atom is -0.493 e. The largest absolute Gasteiger partial charge is 0.493 e. The van der Waals surface area contributed by atoms with Crippen LogP contribution in [0.15, 0.2) is 24.3 Å². The SMILES string of the molecule is CC(C)(C)[C@H](N)c1ccc(OCC23CCC(CC2)CC3)cc1. The highest BCUT2D eigenvalue weighted by atomic mass is 16.5. The molecule has 0 aromatic heterocycles. The molecule has 1 aromatic carbocycles. The number of benzene rings is 1. The van der Waals surface area contributed by atoms with Crippen molar-refractivity contribution in [1.29, 1.82) is 0 Å². The van der Waals surface area contributed by atoms with Gasteiger partial charge in [0.05, 0.1) is 6.61 Å². The maximum atomic E-state index is 6.32. The Morgan fingerprint density at radius 3 is 2.14 bits per heavy atom. The first-order valence-corrected chi connectivity index (χ1v) is 8.86. The fraction of sp³-hybridized carbons (Fsp3) is 0.700. The van der Waals surface area contributed by atoms with Crippen molar-refractivity contribution >= 4 is 0 Å². The van der Waals surface area contributed by atoms with Crippen LogP contribution in [-0.2, 0) is 0 Å². The van der Waals surface area contributed by atoms with Gasteiger partial charge in [-0.1, -0.05) is 32.9 Å². The summed E-state index contributed by atoms with van der Waals surface area (Å²) in [5.74, 6) is 2.01. The van der Waals surface area contributed by atoms with Gasteiger partial charge in [-0.3, -0.25) is 0 Å². The standard InChI is InChI=1S/C20H31NO/c1-19(2,3)18(21)16-4-6-17(7-5-16)22-14-20-11-8-15(9-12-20)10-13-20/h4-7,15,18H,8-14,21H2,1-3H3/t15?,18-,20?/m1/s1. The molecule has 0 aliphatic heterocycles. The summed E-state index contributed by atoms with van der Waals surface area (Å²) in [6, 6.07) is 8.49. The molecule has 4 rings (SSSR count). The van der Waals surface area contributed by atoms with E-state index in [2.05, 4.69) is 45.0 Å². The van der Waals surface area contributed by atoms with Crippen molar-refractivity contribution in [3.8, 4) is 5.75 Å². The second-order valence-electron chi connectivity index (χ2n) is 8.68. The normalized spacial score (nSPS) is 29.4. The van der Waals surface area contributed by atoms with E-state index in [1.54, 1.807) is 0 Å². The Balaban J connectivity index is 1.59. The van der Waals surface area contributed by atoms with Crippen molar-refractivity contribution < 1.29 is 4.74 Å². The van der Waals surface area contributed by atoms with Gasteiger partial charge in [-0.05, 0) is 67.6 Å². The van der Waals surface area contributed by atoms with Crippen molar-refractivity contribution in [1.82, 2.24) is 0 Å². The van der Waals surface area contributed by atoms with Crippen LogP contribution in [0.2, 0.25) is 0 Å². The molecular weight excluding hydrogens is 270 g/mol. The average Bonchev–Trinajstić information content (AvgIpc) is 2.54. The van der Waals surface area contributed by atoms with E-state index >= 15 is 0 Å². The third-order valence-corrected chi connectivity index (χ3v) is 5.97. The van der Waals surface area contributed by atoms with Gasteiger partial charge in [-0.15, -0.1) is 0 Å². The summed E-state index contributed by atoms with van der Waals surface area (Å²) in [5.41, 5.74) is 8.06. The van der Waals surface area contributed by atoms with Crippen LogP contribution in [-0.4, -0.2) is 6.61 Å². The van der Waals surface area contributed by atoms with Crippen LogP contribution in [0.5, 0.6) is 5.75 Å². The smallest absolute Gasteiger partial charge is 0.119 e. The topological polar surface area (TPSA) is 35.2 Å². The molecule has 2 heteroatoms. The molecule has 0 radical (unpaired) electrons. The molecule has 22 heavy (non-hydrogen) atoms. The lowest BCUT2D eigenvalue weighted by Gasteiger charge is -2.46. The van der Waals surface area contributed by atoms with Gasteiger partial charge in [-0.25, -0.2) is 0 Å². The molecule has 0 unspecified atom stereocenters. The molecule has 122 valence electrons. The predicted octanol–water partition coefficient (Wildman–Crippen LogP) is 5.08. The van der Waals surface area contributed by atoms with Gasteiger partial charge in [0.2, 0.25) is 0 Å². The number of rotatable bonds is 4. The van der Waals surface area contributed by atoms with Crippen LogP contribution >= 0.6 is 0 Å². The fourth-order valence-electron chi connectivity index (χ4n) is 4.06. The number of fused-ring (bicyclic) bond motifs is 3. The van der Waals surface area contributed by atoms with Crippen LogP contribution in [0.3, 0.4) is 0 Å². The lowest BCUT2D eigenvalue weighted by Crippen LogP contribution is -2.38. The first-order valence-electron chi connectivity index (χ1n) is 8.86. The van der Waals surface area contributed by atoms with Gasteiger partial charge in [0.25, 0.3) is 0 Å². The van der Waals surface area contributed by atoms with Gasteiger partial charge in [0, 0.05) is 11.5 Å². The molecule has 3 fully saturated rings. The summed E-state index contributed by atoms with van der Waals surface area (Å²) in [5, 5.41) is 0. The lowest BCUT2D eigenvalue weighted by molar-refractivity contribution is 0.0191. The van der Waals surface area contributed by atoms with E-state index in [1.807, 2.05) is 0 Å². The Hall–Kier alpha value is -1.02. The second-order valence-corrected chi connectivity index (χ2v) is 8.68. The molecule has 3 saturated carbocycles. The van der Waals surface area contributed by atoms with E-state index in [4.69, 9.17) is 10.5 Å². The Bertz CT molecular complexity index is 478. The summed E-state index contributed by atoms with van der Waals surface area (Å²) >= 11 is 0. The molecule has 0 saturated heterocycles. The maximum Gasteiger partial charge on any atom is 0.119 e. The zero-order valence-corrected chi connectivity index (χ0v) is 14.4. The van der Waals surface area contributed by atoms with E-state index in [0.717, 1.165) is 18.3 Å². The zero-order valence-electron chi connectivity index (χ0n) is 14.4. The third-order valence-electron chi connectivity index (χ3n) is 5.97. The summed E-state index contributed by atoms with van der Waals surface area (Å²) in [7, 11) is 0. The van der Waals surface area contributed by atoms with Crippen LogP contribution in [0.1, 0.15) is 70.9 Å². The monoisotopic (exact) mass is 301 g/mol. The van der Waals surface area contributed by atoms with Crippen molar-refractivity contribution in [2.75, 3.05) is 6.61 Å². The molecule has 0 spiro atoms. The van der Waals surface area contributed by atoms with Crippen molar-refractivity contribution in [2.24, 2.45) is 22.5 Å². The maximum absolute atomic E-state index is 6.32. The Labute approximate surface area is 135 Å². The van der Waals surface area contributed by atoms with E-state index in [1.165, 1.54) is 44.1 Å². The first kappa shape index (κ1) is 15.9. The molecule has 2 N–H and O–H groups in total. The summed E-state index contributed by atoms with van der Waals surface area (Å²) in [6.45, 7) is 7.44. The van der Waals surface area contributed by atoms with E-state index in [-0.39, 0.29) is 11.5 Å². The van der Waals surface area contributed by atoms with Crippen LogP contribution in [0.4, 0.5) is 0 Å². The zero-order chi connectivity index (χ0) is 15.8. The molecule has 2 nitrogen and oxygen atoms in total. The average molecular weight is 301 g/mol. The van der Waals surface area contributed by atoms with E-state index in [9.17, 15) is 0 Å². The van der Waals surface area contributed by atoms with Gasteiger partial charge >= 0.3 is 0 Å². The van der Waals surface area contributed by atoms with Gasteiger partial charge in [-0.2, -0.15) is 0 Å². The Morgan fingerprint density at radius 2 is 1.64 bits per heavy atom. The van der Waals surface area contributed by atoms with Crippen LogP contribution < -0.4 is 10.5 Å². The minimum atomic E-state index is 0.0637. The predicted molar refractivity (Wildman–Crippen MR) is 91.9 cm³/mol. The van der Waals surface area contributed by atoms with Crippen molar-refractivity contribution in [2.45, 2.75) is 65.3 Å². The van der Waals surface area contributed by atoms with E-state index in [0.29, 0.717) is 5.41 Å². The van der Waals surface area contributed by atoms with E-state index < -0.39 is 0 Å². The van der Waals surface area contributed by atoms with Crippen LogP contribution in [0, 0.1) is 16.7 Å². The number of nitrogens with two attached hydrogens (primary N) is 1. The quantitative estimate of drug-likeness (QED) is 0.841. The molecule has 3 aliphatic rings. The highest BCUT2D eigenvalue weighted by Gasteiger charge is 2.40. The molecule has 3 aliphatic carbocycles. The molecular formula is C20H31NO. The molecule has 1 aromatic rings. The van der Waals surface area contributed by atoms with Crippen molar-refractivity contribution in [3.05, 3.63) is 29.8 Å². The molecule has 0 heterocycles. The highest BCUT2D eigenvalue weighted by molar-refractivity contribution is 5.30. The number of ether oxygens (including phenoxy) is 1. The lowest BCUT2D eigenvalue weighted by atomic mass is 9.61. The third kappa shape index (κ3) is 3.32. The van der Waals surface area contributed by atoms with Crippen molar-refractivity contribution in [3.63, 3.8) is 0 Å². The van der Waals surface area contributed by atoms with Gasteiger partial charge in [0.15, 0.2) is 0 Å². The van der Waals surface area contributed by atoms with Crippen LogP contribution in [0.25, 0.3) is 0 Å². The highest BCUT2D eigenvalue weighted by Crippen LogP contribution is 2.50. The summed E-state index contributed by atoms with van der Waals surface area (Å²) in [6.07, 6.45) is 8.36. The minimum absolute atomic E-state index is 0.0637. The molecule has 0 amide bonds. The summed E-state index contributed by atoms with van der Waals surface area (Å²) < 4.78 is 6.14. The van der Waals surface area contributed by atoms with Gasteiger partial charge in [0.1, 0.15) is 5.75 Å². The molecule has 2 bridgehead atoms. The molecule has 1 atom stereocenters. The Kier molecular flexibility index (Phi) is 4.24. The number of hydrogen-bond acceptors (Lipinski definition) is 2. The van der Waals surface area contributed by atoms with Gasteiger partial charge < -0.3 is 10.5 Å². The fourth-order valence-corrected chi connectivity index (χ4v) is 4.06.